The molecule has 0 heterocycles. The Morgan fingerprint density at radius 1 is 0.750 bits per heavy atom. The molecule has 0 atom stereocenters. The zero-order valence-corrected chi connectivity index (χ0v) is 8.18. The fourth-order valence-electron chi connectivity index (χ4n) is 1.53. The molecule has 2 aromatic rings. The van der Waals surface area contributed by atoms with Crippen LogP contribution in [-0.2, 0) is 0 Å². The Morgan fingerprint density at radius 3 is 1.56 bits per heavy atom. The van der Waals surface area contributed by atoms with E-state index >= 15 is 0 Å². The standard InChI is InChI=1S/C12H6N2O2/c13-7-15-11-5-1-3-9-10(11)4-2-6-12(9)16-8-14/h1-6H. The Morgan fingerprint density at radius 2 is 1.19 bits per heavy atom. The van der Waals surface area contributed by atoms with Crippen LogP contribution in [0, 0.1) is 23.0 Å². The Kier molecular flexibility index (Phi) is 2.58. The molecule has 4 heteroatoms. The van der Waals surface area contributed by atoms with Crippen LogP contribution in [-0.4, -0.2) is 0 Å². The zero-order chi connectivity index (χ0) is 11.4. The minimum Gasteiger partial charge on any atom is -0.387 e. The molecule has 0 aliphatic rings. The van der Waals surface area contributed by atoms with E-state index in [1.165, 1.54) is 0 Å². The van der Waals surface area contributed by atoms with E-state index in [4.69, 9.17) is 20.0 Å². The molecule has 0 amide bonds. The summed E-state index contributed by atoms with van der Waals surface area (Å²) in [5.74, 6) is 0.895. The second-order valence-electron chi connectivity index (χ2n) is 2.99. The Hall–Kier alpha value is -2.72. The van der Waals surface area contributed by atoms with Crippen LogP contribution in [0.3, 0.4) is 0 Å². The molecule has 4 nitrogen and oxygen atoms in total. The molecule has 0 aliphatic carbocycles. The monoisotopic (exact) mass is 210 g/mol. The summed E-state index contributed by atoms with van der Waals surface area (Å²) in [5.41, 5.74) is 0. The fourth-order valence-corrected chi connectivity index (χ4v) is 1.53. The normalized spacial score (nSPS) is 9.12. The molecule has 2 rings (SSSR count). The number of ether oxygens (including phenoxy) is 2. The highest BCUT2D eigenvalue weighted by Gasteiger charge is 2.06. The van der Waals surface area contributed by atoms with Gasteiger partial charge in [-0.1, -0.05) is 24.3 Å². The molecule has 0 N–H and O–H groups in total. The van der Waals surface area contributed by atoms with Gasteiger partial charge in [0.2, 0.25) is 0 Å². The van der Waals surface area contributed by atoms with Crippen molar-refractivity contribution < 1.29 is 9.47 Å². The summed E-state index contributed by atoms with van der Waals surface area (Å²) in [6, 6.07) is 10.4. The van der Waals surface area contributed by atoms with E-state index in [9.17, 15) is 0 Å². The summed E-state index contributed by atoms with van der Waals surface area (Å²) in [6.07, 6.45) is 3.24. The molecule has 0 bridgehead atoms. The van der Waals surface area contributed by atoms with Gasteiger partial charge in [0.15, 0.2) is 0 Å². The largest absolute Gasteiger partial charge is 0.387 e. The molecular formula is C12H6N2O2. The first-order valence-corrected chi connectivity index (χ1v) is 4.50. The van der Waals surface area contributed by atoms with Gasteiger partial charge in [-0.3, -0.25) is 0 Å². The van der Waals surface area contributed by atoms with Crippen LogP contribution in [0.25, 0.3) is 10.8 Å². The summed E-state index contributed by atoms with van der Waals surface area (Å²) in [7, 11) is 0. The van der Waals surface area contributed by atoms with Gasteiger partial charge in [-0.15, -0.1) is 10.5 Å². The van der Waals surface area contributed by atoms with Crippen LogP contribution >= 0.6 is 0 Å². The maximum Gasteiger partial charge on any atom is 0.292 e. The Bertz CT molecular complexity index is 553. The smallest absolute Gasteiger partial charge is 0.292 e. The summed E-state index contributed by atoms with van der Waals surface area (Å²) in [6.45, 7) is 0. The summed E-state index contributed by atoms with van der Waals surface area (Å²) in [5, 5.41) is 18.5. The third kappa shape index (κ3) is 1.60. The fraction of sp³-hybridized carbons (Fsp3) is 0. The predicted molar refractivity (Wildman–Crippen MR) is 56.4 cm³/mol. The van der Waals surface area contributed by atoms with Crippen LogP contribution < -0.4 is 9.47 Å². The van der Waals surface area contributed by atoms with E-state index in [1.807, 2.05) is 0 Å². The van der Waals surface area contributed by atoms with Gasteiger partial charge < -0.3 is 9.47 Å². The van der Waals surface area contributed by atoms with Crippen molar-refractivity contribution in [3.8, 4) is 24.0 Å². The van der Waals surface area contributed by atoms with E-state index < -0.39 is 0 Å². The van der Waals surface area contributed by atoms with Crippen LogP contribution in [0.5, 0.6) is 11.5 Å². The zero-order valence-electron chi connectivity index (χ0n) is 8.18. The highest BCUT2D eigenvalue weighted by atomic mass is 16.5. The average Bonchev–Trinajstić information content (AvgIpc) is 2.31. The van der Waals surface area contributed by atoms with Gasteiger partial charge in [0.25, 0.3) is 12.5 Å². The van der Waals surface area contributed by atoms with Gasteiger partial charge in [-0.05, 0) is 12.1 Å². The minimum absolute atomic E-state index is 0.448. The summed E-state index contributed by atoms with van der Waals surface area (Å²) < 4.78 is 9.64. The molecule has 0 radical (unpaired) electrons. The molecule has 2 aromatic carbocycles. The number of rotatable bonds is 2. The SMILES string of the molecule is N#COc1cccc2c(OC#N)cccc12. The molecule has 0 aromatic heterocycles. The lowest BCUT2D eigenvalue weighted by Crippen LogP contribution is -1.87. The highest BCUT2D eigenvalue weighted by Crippen LogP contribution is 2.31. The molecule has 0 fully saturated rings. The second-order valence-corrected chi connectivity index (χ2v) is 2.99. The van der Waals surface area contributed by atoms with Gasteiger partial charge in [0.05, 0.1) is 0 Å². The van der Waals surface area contributed by atoms with Crippen molar-refractivity contribution in [1.82, 2.24) is 0 Å². The first kappa shape index (κ1) is 9.82. The van der Waals surface area contributed by atoms with E-state index in [1.54, 1.807) is 48.9 Å². The molecule has 0 aliphatic heterocycles. The maximum atomic E-state index is 8.50. The van der Waals surface area contributed by atoms with Crippen LogP contribution in [0.4, 0.5) is 0 Å². The van der Waals surface area contributed by atoms with Crippen molar-refractivity contribution in [2.75, 3.05) is 0 Å². The van der Waals surface area contributed by atoms with Gasteiger partial charge in [-0.25, -0.2) is 0 Å². The number of hydrogen-bond donors (Lipinski definition) is 0. The van der Waals surface area contributed by atoms with Crippen molar-refractivity contribution in [2.45, 2.75) is 0 Å². The van der Waals surface area contributed by atoms with E-state index in [2.05, 4.69) is 0 Å². The number of nitrogens with zero attached hydrogens (tertiary/aromatic N) is 2. The van der Waals surface area contributed by atoms with Crippen LogP contribution in [0.2, 0.25) is 0 Å². The highest BCUT2D eigenvalue weighted by molar-refractivity contribution is 5.93. The molecule has 0 saturated heterocycles. The summed E-state index contributed by atoms with van der Waals surface area (Å²) in [4.78, 5) is 0. The minimum atomic E-state index is 0.448. The first-order chi connectivity index (χ1) is 7.86. The van der Waals surface area contributed by atoms with Gasteiger partial charge in [-0.2, -0.15) is 0 Å². The number of hydrogen-bond acceptors (Lipinski definition) is 4. The average molecular weight is 210 g/mol. The van der Waals surface area contributed by atoms with Crippen molar-refractivity contribution in [2.24, 2.45) is 0 Å². The molecule has 16 heavy (non-hydrogen) atoms. The predicted octanol–water partition coefficient (Wildman–Crippen LogP) is 2.56. The van der Waals surface area contributed by atoms with Gasteiger partial charge in [0, 0.05) is 10.8 Å². The number of benzene rings is 2. The van der Waals surface area contributed by atoms with E-state index in [-0.39, 0.29) is 0 Å². The topological polar surface area (TPSA) is 66.0 Å². The second kappa shape index (κ2) is 4.20. The maximum absolute atomic E-state index is 8.50. The van der Waals surface area contributed by atoms with E-state index in [0.717, 1.165) is 10.8 Å². The Labute approximate surface area is 91.9 Å². The van der Waals surface area contributed by atoms with Gasteiger partial charge in [0.1, 0.15) is 11.5 Å². The molecule has 0 unspecified atom stereocenters. The van der Waals surface area contributed by atoms with Crippen molar-refractivity contribution in [3.63, 3.8) is 0 Å². The van der Waals surface area contributed by atoms with Gasteiger partial charge >= 0.3 is 0 Å². The number of fused-ring (bicyclic) bond motifs is 1. The number of nitriles is 2. The van der Waals surface area contributed by atoms with Crippen molar-refractivity contribution in [3.05, 3.63) is 36.4 Å². The quantitative estimate of drug-likeness (QED) is 0.714. The first-order valence-electron chi connectivity index (χ1n) is 4.50. The molecule has 0 saturated carbocycles. The lowest BCUT2D eigenvalue weighted by Gasteiger charge is -2.05. The molecular weight excluding hydrogens is 204 g/mol. The molecule has 0 spiro atoms. The van der Waals surface area contributed by atoms with Crippen molar-refractivity contribution >= 4 is 10.8 Å². The molecule has 76 valence electrons. The van der Waals surface area contributed by atoms with Crippen LogP contribution in [0.1, 0.15) is 0 Å². The third-order valence-corrected chi connectivity index (χ3v) is 2.15. The Balaban J connectivity index is 2.68. The lowest BCUT2D eigenvalue weighted by molar-refractivity contribution is 0.507. The third-order valence-electron chi connectivity index (χ3n) is 2.15. The van der Waals surface area contributed by atoms with E-state index in [0.29, 0.717) is 11.5 Å². The van der Waals surface area contributed by atoms with Crippen molar-refractivity contribution in [1.29, 1.82) is 10.5 Å². The summed E-state index contributed by atoms with van der Waals surface area (Å²) >= 11 is 0. The van der Waals surface area contributed by atoms with Crippen LogP contribution in [0.15, 0.2) is 36.4 Å². The lowest BCUT2D eigenvalue weighted by atomic mass is 10.1.